The molecule has 0 aromatic heterocycles. The van der Waals surface area contributed by atoms with Crippen LogP contribution in [0.15, 0.2) is 12.2 Å². The van der Waals surface area contributed by atoms with Crippen molar-refractivity contribution >= 4 is 18.9 Å². The molecule has 4 nitrogen and oxygen atoms in total. The van der Waals surface area contributed by atoms with Crippen LogP contribution in [0, 0.1) is 5.92 Å². The molecule has 0 N–H and O–H groups in total. The summed E-state index contributed by atoms with van der Waals surface area (Å²) in [6.07, 6.45) is 0.835. The van der Waals surface area contributed by atoms with E-state index < -0.39 is 31.2 Å². The van der Waals surface area contributed by atoms with Gasteiger partial charge in [-0.1, -0.05) is 12.4 Å². The van der Waals surface area contributed by atoms with Crippen molar-refractivity contribution in [3.63, 3.8) is 0 Å². The molecule has 110 valence electrons. The molecule has 0 fully saturated rings. The van der Waals surface area contributed by atoms with Gasteiger partial charge < -0.3 is 22.4 Å². The van der Waals surface area contributed by atoms with Crippen molar-refractivity contribution in [2.45, 2.75) is 26.6 Å². The van der Waals surface area contributed by atoms with Gasteiger partial charge in [0.1, 0.15) is 0 Å². The maximum Gasteiger partial charge on any atom is 1.00 e. The van der Waals surface area contributed by atoms with Crippen LogP contribution < -0.4 is 51.4 Å². The van der Waals surface area contributed by atoms with Gasteiger partial charge in [-0.05, 0) is 20.3 Å². The molecule has 0 aliphatic heterocycles. The van der Waals surface area contributed by atoms with Crippen molar-refractivity contribution in [2.75, 3.05) is 13.2 Å². The van der Waals surface area contributed by atoms with Crippen LogP contribution in [0.5, 0.6) is 0 Å². The van der Waals surface area contributed by atoms with Gasteiger partial charge >= 0.3 is 70.3 Å². The minimum Gasteiger partial charge on any atom is -0.465 e. The van der Waals surface area contributed by atoms with Crippen LogP contribution in [-0.2, 0) is 19.1 Å². The zero-order valence-corrected chi connectivity index (χ0v) is 15.0. The maximum atomic E-state index is 12.0. The molecular weight excluding hydrogens is 303 g/mol. The fourth-order valence-electron chi connectivity index (χ4n) is 1.26. The summed E-state index contributed by atoms with van der Waals surface area (Å²) in [7, 11) is 0. The predicted molar refractivity (Wildman–Crippen MR) is 64.4 cm³/mol. The first-order valence-electron chi connectivity index (χ1n) is 6.01. The van der Waals surface area contributed by atoms with E-state index in [9.17, 15) is 22.5 Å². The van der Waals surface area contributed by atoms with E-state index in [1.54, 1.807) is 13.8 Å². The average molecular weight is 320 g/mol. The predicted octanol–water partition coefficient (Wildman–Crippen LogP) is -0.473. The second-order valence-corrected chi connectivity index (χ2v) is 3.71. The van der Waals surface area contributed by atoms with Gasteiger partial charge in [-0.25, -0.2) is 0 Å². The molecule has 0 radical (unpaired) electrons. The molecule has 20 heavy (non-hydrogen) atoms. The van der Waals surface area contributed by atoms with E-state index in [4.69, 9.17) is 0 Å². The van der Waals surface area contributed by atoms with Crippen molar-refractivity contribution in [1.82, 2.24) is 0 Å². The van der Waals surface area contributed by atoms with E-state index in [1.807, 2.05) is 0 Å². The smallest absolute Gasteiger partial charge is 0.465 e. The van der Waals surface area contributed by atoms with Crippen molar-refractivity contribution in [1.29, 1.82) is 0 Å². The molecule has 0 aromatic rings. The second kappa shape index (κ2) is 11.8. The Hall–Kier alpha value is 0.171. The topological polar surface area (TPSA) is 52.6 Å². The number of hydrogen-bond donors (Lipinski definition) is 0. The normalized spacial score (nSPS) is 11.3. The first kappa shape index (κ1) is 22.5. The Morgan fingerprint density at radius 2 is 1.50 bits per heavy atom. The fraction of sp³-hybridized carbons (Fsp3) is 0.636. The number of hydrogen-bond acceptors (Lipinski definition) is 4. The van der Waals surface area contributed by atoms with Crippen LogP contribution in [0.3, 0.4) is 0 Å². The Morgan fingerprint density at radius 3 is 1.85 bits per heavy atom. The molecule has 0 rings (SSSR count). The minimum absolute atomic E-state index is 0. The quantitative estimate of drug-likeness (QED) is 0.263. The van der Waals surface area contributed by atoms with Gasteiger partial charge in [0.05, 0.1) is 13.2 Å². The summed E-state index contributed by atoms with van der Waals surface area (Å²) < 4.78 is 45.3. The van der Waals surface area contributed by atoms with Crippen molar-refractivity contribution < 1.29 is 83.4 Å². The van der Waals surface area contributed by atoms with Crippen molar-refractivity contribution in [3.05, 3.63) is 12.2 Å². The molecule has 0 amide bonds. The first-order chi connectivity index (χ1) is 8.81. The van der Waals surface area contributed by atoms with Gasteiger partial charge in [-0.3, -0.25) is 9.59 Å². The van der Waals surface area contributed by atoms with Gasteiger partial charge in [0.25, 0.3) is 0 Å². The van der Waals surface area contributed by atoms with Crippen LogP contribution in [-0.4, -0.2) is 32.1 Å². The number of esters is 2. The molecule has 0 saturated heterocycles. The summed E-state index contributed by atoms with van der Waals surface area (Å²) >= 11 is 0. The molecule has 0 atom stereocenters. The fourth-order valence-corrected chi connectivity index (χ4v) is 1.26. The minimum atomic E-state index is -4.90. The van der Waals surface area contributed by atoms with E-state index >= 15 is 0 Å². The number of carbonyl (C=O) groups is 2. The molecule has 0 unspecified atom stereocenters. The van der Waals surface area contributed by atoms with E-state index in [-0.39, 0.29) is 71.0 Å². The number of ether oxygens (including phenoxy) is 2. The second-order valence-electron chi connectivity index (χ2n) is 3.71. The number of allylic oxidation sites excluding steroid dienone is 2. The average Bonchev–Trinajstić information content (AvgIpc) is 2.27. The van der Waals surface area contributed by atoms with E-state index in [0.29, 0.717) is 0 Å². The van der Waals surface area contributed by atoms with Gasteiger partial charge in [0, 0.05) is 0 Å². The van der Waals surface area contributed by atoms with Crippen LogP contribution in [0.25, 0.3) is 0 Å². The largest absolute Gasteiger partial charge is 1.00 e. The summed E-state index contributed by atoms with van der Waals surface area (Å²) in [4.78, 5) is 23.0. The molecule has 9 heteroatoms. The van der Waals surface area contributed by atoms with Crippen LogP contribution in [0.4, 0.5) is 12.9 Å². The Balaban J connectivity index is 0. The van der Waals surface area contributed by atoms with E-state index in [0.717, 1.165) is 12.2 Å². The molecule has 0 aromatic carbocycles. The Kier molecular flexibility index (Phi) is 13.2. The molecule has 0 aliphatic rings. The standard InChI is InChI=1S/C11H17BF3O4.K/c1-3-18-10(16)9(11(17)19-4-2)7-5-6-8-12(13,14)15;/h5-6,9H,3-4,7-8H2,1-2H3;/q-1;+1/b6-5+;. The Labute approximate surface area is 158 Å². The molecule has 0 saturated carbocycles. The summed E-state index contributed by atoms with van der Waals surface area (Å²) in [5, 5.41) is 0. The number of rotatable bonds is 8. The summed E-state index contributed by atoms with van der Waals surface area (Å²) in [6, 6.07) is 0. The van der Waals surface area contributed by atoms with Crippen LogP contribution in [0.1, 0.15) is 20.3 Å². The van der Waals surface area contributed by atoms with Crippen molar-refractivity contribution in [2.24, 2.45) is 5.92 Å². The third kappa shape index (κ3) is 10.9. The number of halogens is 3. The van der Waals surface area contributed by atoms with Crippen LogP contribution in [0.2, 0.25) is 6.32 Å². The van der Waals surface area contributed by atoms with E-state index in [1.165, 1.54) is 0 Å². The third-order valence-electron chi connectivity index (χ3n) is 2.08. The SMILES string of the molecule is CCOC(=O)C(C/C=C/C[B-](F)(F)F)C(=O)OCC.[K+]. The zero-order valence-electron chi connectivity index (χ0n) is 11.9. The Bertz CT molecular complexity index is 316. The molecule has 0 bridgehead atoms. The first-order valence-corrected chi connectivity index (χ1v) is 6.01. The Morgan fingerprint density at radius 1 is 1.05 bits per heavy atom. The van der Waals surface area contributed by atoms with Crippen LogP contribution >= 0.6 is 0 Å². The summed E-state index contributed by atoms with van der Waals surface area (Å²) in [5.41, 5.74) is 0. The van der Waals surface area contributed by atoms with Gasteiger partial charge in [-0.15, -0.1) is 6.08 Å². The van der Waals surface area contributed by atoms with E-state index in [2.05, 4.69) is 9.47 Å². The zero-order chi connectivity index (χ0) is 14.9. The van der Waals surface area contributed by atoms with Gasteiger partial charge in [0.15, 0.2) is 5.92 Å². The summed E-state index contributed by atoms with van der Waals surface area (Å²) in [5.74, 6) is -2.79. The maximum absolute atomic E-state index is 12.0. The number of carbonyl (C=O) groups excluding carboxylic acids is 2. The molecular formula is C11H17BF3KO4. The molecule has 0 heterocycles. The monoisotopic (exact) mass is 320 g/mol. The van der Waals surface area contributed by atoms with Gasteiger partial charge in [0.2, 0.25) is 0 Å². The van der Waals surface area contributed by atoms with Gasteiger partial charge in [-0.2, -0.15) is 0 Å². The molecule has 0 spiro atoms. The third-order valence-corrected chi connectivity index (χ3v) is 2.08. The molecule has 0 aliphatic carbocycles. The summed E-state index contributed by atoms with van der Waals surface area (Å²) in [6.45, 7) is -1.59. The van der Waals surface area contributed by atoms with Crippen molar-refractivity contribution in [3.8, 4) is 0 Å².